The number of hydrogen-bond acceptors (Lipinski definition) is 5. The van der Waals surface area contributed by atoms with Gasteiger partial charge < -0.3 is 14.4 Å². The summed E-state index contributed by atoms with van der Waals surface area (Å²) in [7, 11) is 0. The van der Waals surface area contributed by atoms with Crippen LogP contribution in [0.5, 0.6) is 0 Å². The van der Waals surface area contributed by atoms with Gasteiger partial charge in [-0.2, -0.15) is 0 Å². The van der Waals surface area contributed by atoms with E-state index >= 15 is 0 Å². The van der Waals surface area contributed by atoms with Gasteiger partial charge >= 0.3 is 12.1 Å². The van der Waals surface area contributed by atoms with Gasteiger partial charge in [0.15, 0.2) is 6.04 Å². The number of aliphatic imine (C=N–C) groups is 1. The minimum atomic E-state index is -0.717. The molecule has 0 aliphatic carbocycles. The summed E-state index contributed by atoms with van der Waals surface area (Å²) in [5, 5.41) is 0. The maximum atomic E-state index is 12.9. The molecule has 0 fully saturated rings. The molecule has 0 aromatic heterocycles. The predicted molar refractivity (Wildman–Crippen MR) is 129 cm³/mol. The summed E-state index contributed by atoms with van der Waals surface area (Å²) >= 11 is 0. The Kier molecular flexibility index (Phi) is 8.04. The van der Waals surface area contributed by atoms with E-state index in [1.54, 1.807) is 11.8 Å². The highest BCUT2D eigenvalue weighted by atomic mass is 16.6. The van der Waals surface area contributed by atoms with E-state index in [9.17, 15) is 9.59 Å². The Bertz CT molecular complexity index is 966. The molecule has 0 bridgehead atoms. The van der Waals surface area contributed by atoms with Crippen LogP contribution in [0.1, 0.15) is 45.2 Å². The Morgan fingerprint density at radius 2 is 1.58 bits per heavy atom. The lowest BCUT2D eigenvalue weighted by molar-refractivity contribution is -0.144. The molecule has 2 aromatic carbocycles. The van der Waals surface area contributed by atoms with Gasteiger partial charge in [-0.15, -0.1) is 0 Å². The summed E-state index contributed by atoms with van der Waals surface area (Å²) < 4.78 is 10.8. The first-order valence-electron chi connectivity index (χ1n) is 11.3. The summed E-state index contributed by atoms with van der Waals surface area (Å²) in [5.74, 6) is -0.376. The molecule has 174 valence electrons. The zero-order chi connectivity index (χ0) is 23.8. The van der Waals surface area contributed by atoms with Gasteiger partial charge in [-0.05, 0) is 27.7 Å². The lowest BCUT2D eigenvalue weighted by Crippen LogP contribution is -2.35. The predicted octanol–water partition coefficient (Wildman–Crippen LogP) is 5.02. The number of amides is 1. The number of carbonyl (C=O) groups excluding carboxylic acids is 2. The van der Waals surface area contributed by atoms with Crippen molar-refractivity contribution in [3.05, 3.63) is 83.4 Å². The second kappa shape index (κ2) is 10.9. The van der Waals surface area contributed by atoms with Crippen molar-refractivity contribution in [3.8, 4) is 0 Å². The van der Waals surface area contributed by atoms with Crippen molar-refractivity contribution in [1.29, 1.82) is 0 Å². The number of ether oxygens (including phenoxy) is 2. The standard InChI is InChI=1S/C27H32N2O4/c1-5-32-25(30)23(18-20-16-17-29(19-20)26(31)33-27(2,3)4)28-24(21-12-8-6-9-13-21)22-14-10-7-11-15-22/h6-16,23H,5,17-19H2,1-4H3. The van der Waals surface area contributed by atoms with Crippen molar-refractivity contribution in [2.45, 2.75) is 45.8 Å². The SMILES string of the molecule is CCOC(=O)C(CC1=CCN(C(=O)OC(C)(C)C)C1)N=C(c1ccccc1)c1ccccc1. The van der Waals surface area contributed by atoms with Crippen LogP contribution < -0.4 is 0 Å². The lowest BCUT2D eigenvalue weighted by atomic mass is 10.0. The van der Waals surface area contributed by atoms with E-state index in [0.29, 0.717) is 19.5 Å². The second-order valence-corrected chi connectivity index (χ2v) is 8.90. The number of nitrogens with zero attached hydrogens (tertiary/aromatic N) is 2. The molecule has 6 nitrogen and oxygen atoms in total. The minimum absolute atomic E-state index is 0.278. The van der Waals surface area contributed by atoms with E-state index in [4.69, 9.17) is 14.5 Å². The topological polar surface area (TPSA) is 68.2 Å². The van der Waals surface area contributed by atoms with Crippen molar-refractivity contribution < 1.29 is 19.1 Å². The van der Waals surface area contributed by atoms with E-state index in [2.05, 4.69) is 0 Å². The van der Waals surface area contributed by atoms with Gasteiger partial charge in [0.05, 0.1) is 12.3 Å². The Balaban J connectivity index is 1.86. The average Bonchev–Trinajstić information content (AvgIpc) is 3.26. The molecular weight excluding hydrogens is 416 g/mol. The van der Waals surface area contributed by atoms with Crippen LogP contribution in [0.15, 0.2) is 77.3 Å². The Hall–Kier alpha value is -3.41. The van der Waals surface area contributed by atoms with E-state index in [0.717, 1.165) is 22.4 Å². The van der Waals surface area contributed by atoms with Gasteiger partial charge in [-0.3, -0.25) is 4.99 Å². The van der Waals surface area contributed by atoms with Crippen molar-refractivity contribution in [3.63, 3.8) is 0 Å². The molecule has 1 unspecified atom stereocenters. The zero-order valence-corrected chi connectivity index (χ0v) is 19.8. The molecule has 1 aliphatic rings. The van der Waals surface area contributed by atoms with Gasteiger partial charge in [0.25, 0.3) is 0 Å². The quantitative estimate of drug-likeness (QED) is 0.339. The molecular formula is C27H32N2O4. The first-order chi connectivity index (χ1) is 15.8. The highest BCUT2D eigenvalue weighted by molar-refractivity contribution is 6.13. The molecule has 0 N–H and O–H groups in total. The molecule has 0 saturated heterocycles. The van der Waals surface area contributed by atoms with Gasteiger partial charge in [0, 0.05) is 30.6 Å². The van der Waals surface area contributed by atoms with Crippen LogP contribution in [0.3, 0.4) is 0 Å². The van der Waals surface area contributed by atoms with Crippen molar-refractivity contribution >= 4 is 17.8 Å². The molecule has 1 heterocycles. The summed E-state index contributed by atoms with van der Waals surface area (Å²) in [6.45, 7) is 8.45. The molecule has 1 aliphatic heterocycles. The molecule has 2 aromatic rings. The molecule has 3 rings (SSSR count). The van der Waals surface area contributed by atoms with Crippen LogP contribution in [0.2, 0.25) is 0 Å². The van der Waals surface area contributed by atoms with Crippen LogP contribution >= 0.6 is 0 Å². The van der Waals surface area contributed by atoms with Crippen molar-refractivity contribution in [1.82, 2.24) is 4.90 Å². The Labute approximate surface area is 195 Å². The smallest absolute Gasteiger partial charge is 0.410 e. The molecule has 33 heavy (non-hydrogen) atoms. The van der Waals surface area contributed by atoms with E-state index in [-0.39, 0.29) is 18.7 Å². The Morgan fingerprint density at radius 3 is 2.09 bits per heavy atom. The van der Waals surface area contributed by atoms with Crippen LogP contribution in [0.4, 0.5) is 4.79 Å². The van der Waals surface area contributed by atoms with Gasteiger partial charge in [0.2, 0.25) is 0 Å². The number of hydrogen-bond donors (Lipinski definition) is 0. The van der Waals surface area contributed by atoms with Crippen molar-refractivity contribution in [2.24, 2.45) is 4.99 Å². The first kappa shape index (κ1) is 24.2. The maximum absolute atomic E-state index is 12.9. The highest BCUT2D eigenvalue weighted by Gasteiger charge is 2.29. The number of esters is 1. The Morgan fingerprint density at radius 1 is 1.00 bits per heavy atom. The highest BCUT2D eigenvalue weighted by Crippen LogP contribution is 2.22. The third-order valence-electron chi connectivity index (χ3n) is 5.04. The second-order valence-electron chi connectivity index (χ2n) is 8.90. The number of carbonyl (C=O) groups is 2. The minimum Gasteiger partial charge on any atom is -0.464 e. The normalized spacial score (nSPS) is 14.3. The monoisotopic (exact) mass is 448 g/mol. The van der Waals surface area contributed by atoms with Crippen LogP contribution in [-0.2, 0) is 14.3 Å². The van der Waals surface area contributed by atoms with Crippen molar-refractivity contribution in [2.75, 3.05) is 19.7 Å². The van der Waals surface area contributed by atoms with Crippen LogP contribution in [0, 0.1) is 0 Å². The third-order valence-corrected chi connectivity index (χ3v) is 5.04. The number of benzene rings is 2. The average molecular weight is 449 g/mol. The zero-order valence-electron chi connectivity index (χ0n) is 19.8. The van der Waals surface area contributed by atoms with Crippen LogP contribution in [-0.4, -0.2) is 54.0 Å². The maximum Gasteiger partial charge on any atom is 0.410 e. The first-order valence-corrected chi connectivity index (χ1v) is 11.3. The summed E-state index contributed by atoms with van der Waals surface area (Å²) in [4.78, 5) is 31.8. The summed E-state index contributed by atoms with van der Waals surface area (Å²) in [6, 6.07) is 18.9. The molecule has 0 radical (unpaired) electrons. The van der Waals surface area contributed by atoms with E-state index in [1.807, 2.05) is 87.5 Å². The van der Waals surface area contributed by atoms with Gasteiger partial charge in [0.1, 0.15) is 5.60 Å². The molecule has 0 saturated carbocycles. The third kappa shape index (κ3) is 7.04. The number of rotatable bonds is 7. The fraction of sp³-hybridized carbons (Fsp3) is 0.370. The molecule has 0 spiro atoms. The summed E-state index contributed by atoms with van der Waals surface area (Å²) in [5.41, 5.74) is 2.99. The fourth-order valence-corrected chi connectivity index (χ4v) is 3.56. The fourth-order valence-electron chi connectivity index (χ4n) is 3.56. The molecule has 1 atom stereocenters. The summed E-state index contributed by atoms with van der Waals surface area (Å²) in [6.07, 6.45) is 1.98. The van der Waals surface area contributed by atoms with E-state index in [1.165, 1.54) is 0 Å². The molecule has 1 amide bonds. The van der Waals surface area contributed by atoms with Gasteiger partial charge in [-0.1, -0.05) is 72.3 Å². The molecule has 6 heteroatoms. The van der Waals surface area contributed by atoms with Crippen LogP contribution in [0.25, 0.3) is 0 Å². The van der Waals surface area contributed by atoms with E-state index < -0.39 is 11.6 Å². The lowest BCUT2D eigenvalue weighted by Gasteiger charge is -2.24. The van der Waals surface area contributed by atoms with Gasteiger partial charge in [-0.25, -0.2) is 9.59 Å². The largest absolute Gasteiger partial charge is 0.464 e.